The van der Waals surface area contributed by atoms with E-state index < -0.39 is 58.0 Å². The Labute approximate surface area is 226 Å². The molecule has 1 unspecified atom stereocenters. The van der Waals surface area contributed by atoms with Crippen molar-refractivity contribution in [2.45, 2.75) is 38.3 Å². The molecule has 0 saturated heterocycles. The molecule has 0 spiro atoms. The molecule has 5 atom stereocenters. The second kappa shape index (κ2) is 12.5. The predicted molar refractivity (Wildman–Crippen MR) is 138 cm³/mol. The summed E-state index contributed by atoms with van der Waals surface area (Å²) < 4.78 is 42.1. The van der Waals surface area contributed by atoms with E-state index in [4.69, 9.17) is 21.4 Å². The standard InChI is InChI=1S/C21H27ClFN5O9P2/c1-3-12(9-37-39(35,36)10-38(32,33)34)16(29)17(30)20(31)28-19-15(8-24-28)18(26-21(22)27-19)25-11(2)13-5-4-6-14(23)7-13/h3-8,11,16-17,20,29-31H,9-10H2,1-2H3,(H,35,36)(H,25,26,27)(H2,32,33,34)/b12-3-/t11-,16+,17+,20+/m0/s1. The maximum Gasteiger partial charge on any atom is 0.340 e. The second-order valence-corrected chi connectivity index (χ2v) is 12.9. The Hall–Kier alpha value is -2.29. The SMILES string of the molecule is C/C=C(/COP(=O)(O)CP(=O)(O)O)[C@@H](O)[C@@H](O)[C@@H](O)n1ncc2c(N[C@@H](C)c3cccc(F)c3)nc(Cl)nc21. The van der Waals surface area contributed by atoms with Crippen LogP contribution in [0.15, 0.2) is 42.1 Å². The van der Waals surface area contributed by atoms with Gasteiger partial charge in [0.05, 0.1) is 24.2 Å². The summed E-state index contributed by atoms with van der Waals surface area (Å²) in [7, 11) is -9.61. The molecule has 1 aromatic carbocycles. The molecule has 0 bridgehead atoms. The number of rotatable bonds is 12. The van der Waals surface area contributed by atoms with E-state index in [2.05, 4.69) is 24.9 Å². The van der Waals surface area contributed by atoms with E-state index >= 15 is 0 Å². The van der Waals surface area contributed by atoms with Crippen molar-refractivity contribution < 1.29 is 48.0 Å². The van der Waals surface area contributed by atoms with E-state index in [0.29, 0.717) is 5.56 Å². The Kier molecular flexibility index (Phi) is 10.00. The fraction of sp³-hybridized carbons (Fsp3) is 0.381. The molecule has 0 amide bonds. The third-order valence-electron chi connectivity index (χ3n) is 5.55. The highest BCUT2D eigenvalue weighted by atomic mass is 35.5. The Bertz CT molecular complexity index is 1450. The summed E-state index contributed by atoms with van der Waals surface area (Å²) in [6.45, 7) is 2.37. The number of hydrogen-bond donors (Lipinski definition) is 7. The summed E-state index contributed by atoms with van der Waals surface area (Å²) in [4.78, 5) is 35.6. The number of fused-ring (bicyclic) bond motifs is 1. The van der Waals surface area contributed by atoms with Crippen LogP contribution in [0.1, 0.15) is 31.7 Å². The molecule has 2 aromatic heterocycles. The number of aromatic nitrogens is 4. The van der Waals surface area contributed by atoms with Crippen molar-refractivity contribution in [2.24, 2.45) is 0 Å². The number of hydrogen-bond acceptors (Lipinski definition) is 10. The molecule has 3 aromatic rings. The van der Waals surface area contributed by atoms with Crippen molar-refractivity contribution >= 4 is 43.6 Å². The normalized spacial score (nSPS) is 17.4. The van der Waals surface area contributed by atoms with Crippen LogP contribution in [0.5, 0.6) is 0 Å². The molecule has 14 nitrogen and oxygen atoms in total. The maximum absolute atomic E-state index is 13.6. The summed E-state index contributed by atoms with van der Waals surface area (Å²) >= 11 is 6.07. The summed E-state index contributed by atoms with van der Waals surface area (Å²) in [5.74, 6) is -1.67. The van der Waals surface area contributed by atoms with Crippen LogP contribution in [0.4, 0.5) is 10.2 Å². The number of aliphatic hydroxyl groups is 3. The molecule has 214 valence electrons. The number of benzene rings is 1. The maximum atomic E-state index is 13.6. The Balaban J connectivity index is 1.81. The van der Waals surface area contributed by atoms with Gasteiger partial charge in [0.25, 0.3) is 0 Å². The third-order valence-corrected chi connectivity index (χ3v) is 9.16. The first kappa shape index (κ1) is 31.2. The molecule has 2 heterocycles. The fourth-order valence-electron chi connectivity index (χ4n) is 3.58. The van der Waals surface area contributed by atoms with Crippen molar-refractivity contribution in [3.63, 3.8) is 0 Å². The highest BCUT2D eigenvalue weighted by Crippen LogP contribution is 2.55. The van der Waals surface area contributed by atoms with Crippen molar-refractivity contribution in [1.29, 1.82) is 0 Å². The molecule has 0 aliphatic heterocycles. The van der Waals surface area contributed by atoms with Gasteiger partial charge >= 0.3 is 15.2 Å². The fourth-order valence-corrected chi connectivity index (χ4v) is 6.29. The van der Waals surface area contributed by atoms with Crippen LogP contribution >= 0.6 is 26.8 Å². The summed E-state index contributed by atoms with van der Waals surface area (Å²) in [6.07, 6.45) is -3.24. The highest BCUT2D eigenvalue weighted by molar-refractivity contribution is 7.70. The number of aliphatic hydroxyl groups excluding tert-OH is 3. The lowest BCUT2D eigenvalue weighted by atomic mass is 10.0. The predicted octanol–water partition coefficient (Wildman–Crippen LogP) is 2.29. The lowest BCUT2D eigenvalue weighted by molar-refractivity contribution is -0.0845. The van der Waals surface area contributed by atoms with Gasteiger partial charge in [0.2, 0.25) is 5.28 Å². The van der Waals surface area contributed by atoms with Crippen molar-refractivity contribution in [3.05, 3.63) is 58.8 Å². The second-order valence-electron chi connectivity index (χ2n) is 8.52. The average molecular weight is 610 g/mol. The minimum absolute atomic E-state index is 0.0255. The zero-order chi connectivity index (χ0) is 29.1. The van der Waals surface area contributed by atoms with Crippen molar-refractivity contribution in [1.82, 2.24) is 19.7 Å². The van der Waals surface area contributed by atoms with E-state index in [-0.39, 0.29) is 27.7 Å². The minimum Gasteiger partial charge on any atom is -0.386 e. The first-order valence-electron chi connectivity index (χ1n) is 11.2. The lowest BCUT2D eigenvalue weighted by Crippen LogP contribution is -2.37. The smallest absolute Gasteiger partial charge is 0.340 e. The number of anilines is 1. The van der Waals surface area contributed by atoms with E-state index in [1.165, 1.54) is 31.3 Å². The number of nitrogens with one attached hydrogen (secondary N) is 1. The van der Waals surface area contributed by atoms with Crippen LogP contribution in [0.25, 0.3) is 11.0 Å². The lowest BCUT2D eigenvalue weighted by Gasteiger charge is -2.25. The Morgan fingerprint density at radius 1 is 1.23 bits per heavy atom. The highest BCUT2D eigenvalue weighted by Gasteiger charge is 2.34. The van der Waals surface area contributed by atoms with Gasteiger partial charge in [0.1, 0.15) is 23.8 Å². The summed E-state index contributed by atoms with van der Waals surface area (Å²) in [5, 5.41) is 39.2. The van der Waals surface area contributed by atoms with Gasteiger partial charge in [-0.3, -0.25) is 9.13 Å². The number of allylic oxidation sites excluding steroid dienone is 1. The molecule has 0 saturated carbocycles. The molecular weight excluding hydrogens is 583 g/mol. The molecule has 0 radical (unpaired) electrons. The van der Waals surface area contributed by atoms with Crippen molar-refractivity contribution in [2.75, 3.05) is 17.8 Å². The molecule has 3 rings (SSSR count). The van der Waals surface area contributed by atoms with Crippen LogP contribution < -0.4 is 5.32 Å². The van der Waals surface area contributed by atoms with Crippen LogP contribution in [0.3, 0.4) is 0 Å². The largest absolute Gasteiger partial charge is 0.386 e. The van der Waals surface area contributed by atoms with Gasteiger partial charge in [-0.15, -0.1) is 0 Å². The first-order valence-corrected chi connectivity index (χ1v) is 15.2. The molecule has 7 N–H and O–H groups in total. The zero-order valence-corrected chi connectivity index (χ0v) is 23.1. The van der Waals surface area contributed by atoms with Gasteiger partial charge < -0.3 is 39.8 Å². The molecule has 0 aliphatic rings. The average Bonchev–Trinajstić information content (AvgIpc) is 3.25. The van der Waals surface area contributed by atoms with Gasteiger partial charge in [0.15, 0.2) is 17.8 Å². The Morgan fingerprint density at radius 2 is 1.92 bits per heavy atom. The van der Waals surface area contributed by atoms with Gasteiger partial charge in [-0.25, -0.2) is 9.07 Å². The van der Waals surface area contributed by atoms with E-state index in [9.17, 15) is 33.7 Å². The van der Waals surface area contributed by atoms with E-state index in [1.54, 1.807) is 19.1 Å². The molecule has 18 heteroatoms. The van der Waals surface area contributed by atoms with Gasteiger partial charge in [-0.05, 0) is 48.7 Å². The molecule has 39 heavy (non-hydrogen) atoms. The van der Waals surface area contributed by atoms with Crippen molar-refractivity contribution in [3.8, 4) is 0 Å². The monoisotopic (exact) mass is 609 g/mol. The molecule has 0 fully saturated rings. The first-order chi connectivity index (χ1) is 18.1. The van der Waals surface area contributed by atoms with Crippen LogP contribution in [0.2, 0.25) is 5.28 Å². The van der Waals surface area contributed by atoms with Gasteiger partial charge in [-0.1, -0.05) is 18.2 Å². The number of halogens is 2. The Morgan fingerprint density at radius 3 is 2.54 bits per heavy atom. The molecular formula is C21H27ClFN5O9P2. The summed E-state index contributed by atoms with van der Waals surface area (Å²) in [5.41, 5.74) is 0.414. The van der Waals surface area contributed by atoms with Crippen LogP contribution in [-0.2, 0) is 13.7 Å². The topological polar surface area (TPSA) is 220 Å². The summed E-state index contributed by atoms with van der Waals surface area (Å²) in [6, 6.07) is 5.47. The van der Waals surface area contributed by atoms with E-state index in [1.807, 2.05) is 0 Å². The van der Waals surface area contributed by atoms with Gasteiger partial charge in [-0.2, -0.15) is 15.1 Å². The third kappa shape index (κ3) is 8.12. The van der Waals surface area contributed by atoms with Gasteiger partial charge in [0, 0.05) is 0 Å². The van der Waals surface area contributed by atoms with Crippen LogP contribution in [0, 0.1) is 5.82 Å². The minimum atomic E-state index is -4.87. The molecule has 0 aliphatic carbocycles. The van der Waals surface area contributed by atoms with E-state index in [0.717, 1.165) is 4.68 Å². The number of nitrogens with zero attached hydrogens (tertiary/aromatic N) is 4. The quantitative estimate of drug-likeness (QED) is 0.0891. The zero-order valence-electron chi connectivity index (χ0n) is 20.5. The van der Waals surface area contributed by atoms with Crippen LogP contribution in [-0.4, -0.2) is 74.5 Å².